The third kappa shape index (κ3) is 4.67. The van der Waals surface area contributed by atoms with Gasteiger partial charge in [-0.15, -0.1) is 0 Å². The maximum absolute atomic E-state index is 6.47. The summed E-state index contributed by atoms with van der Waals surface area (Å²) in [5.74, 6) is 0. The van der Waals surface area contributed by atoms with Crippen LogP contribution in [-0.2, 0) is 13.1 Å². The average molecular weight is 598 g/mol. The van der Waals surface area contributed by atoms with E-state index in [2.05, 4.69) is 109 Å². The third-order valence-corrected chi connectivity index (χ3v) is 10.4. The summed E-state index contributed by atoms with van der Waals surface area (Å²) in [5.41, 5.74) is 9.95. The molecule has 5 aromatic carbocycles. The number of hydrogen-bond acceptors (Lipinski definition) is 4. The summed E-state index contributed by atoms with van der Waals surface area (Å²) in [6.07, 6.45) is 0. The van der Waals surface area contributed by atoms with Crippen molar-refractivity contribution in [3.05, 3.63) is 129 Å². The van der Waals surface area contributed by atoms with Gasteiger partial charge in [-0.2, -0.15) is 0 Å². The van der Waals surface area contributed by atoms with Crippen molar-refractivity contribution in [2.75, 3.05) is 9.80 Å². The van der Waals surface area contributed by atoms with Crippen LogP contribution >= 0.6 is 46.7 Å². The van der Waals surface area contributed by atoms with Gasteiger partial charge in [-0.1, -0.05) is 83.1 Å². The summed E-state index contributed by atoms with van der Waals surface area (Å²) >= 11 is 16.6. The molecule has 2 aliphatic heterocycles. The minimum Gasteiger partial charge on any atom is -0.335 e. The fourth-order valence-electron chi connectivity index (χ4n) is 5.56. The van der Waals surface area contributed by atoms with Crippen LogP contribution < -0.4 is 9.80 Å². The Morgan fingerprint density at radius 1 is 0.500 bits per heavy atom. The van der Waals surface area contributed by atoms with E-state index in [4.69, 9.17) is 23.2 Å². The smallest absolute Gasteiger partial charge is 0.0570 e. The summed E-state index contributed by atoms with van der Waals surface area (Å²) in [5, 5.41) is 1.51. The number of rotatable bonds is 4. The summed E-state index contributed by atoms with van der Waals surface area (Å²) < 4.78 is 0. The molecule has 0 N–H and O–H groups in total. The molecule has 7 rings (SSSR count). The molecule has 2 heterocycles. The first kappa shape index (κ1) is 25.9. The Bertz CT molecular complexity index is 1650. The van der Waals surface area contributed by atoms with Crippen molar-refractivity contribution in [2.45, 2.75) is 46.5 Å². The van der Waals surface area contributed by atoms with Crippen LogP contribution in [0.15, 0.2) is 117 Å². The van der Waals surface area contributed by atoms with E-state index in [1.54, 1.807) is 0 Å². The Hall–Kier alpha value is -3.02. The lowest BCUT2D eigenvalue weighted by molar-refractivity contribution is 0.905. The van der Waals surface area contributed by atoms with Gasteiger partial charge >= 0.3 is 0 Å². The van der Waals surface area contributed by atoms with Gasteiger partial charge < -0.3 is 9.80 Å². The van der Waals surface area contributed by atoms with E-state index in [1.165, 1.54) is 53.2 Å². The molecule has 0 fully saturated rings. The van der Waals surface area contributed by atoms with Gasteiger partial charge in [0.1, 0.15) is 0 Å². The summed E-state index contributed by atoms with van der Waals surface area (Å²) in [6, 6.07) is 34.4. The number of nitrogens with zero attached hydrogens (tertiary/aromatic N) is 2. The van der Waals surface area contributed by atoms with Crippen LogP contribution in [0.25, 0.3) is 0 Å². The minimum absolute atomic E-state index is 0.757. The Kier molecular flexibility index (Phi) is 6.76. The highest BCUT2D eigenvalue weighted by Gasteiger charge is 2.26. The third-order valence-electron chi connectivity index (χ3n) is 7.63. The van der Waals surface area contributed by atoms with E-state index in [-0.39, 0.29) is 0 Å². The molecule has 2 nitrogen and oxygen atoms in total. The van der Waals surface area contributed by atoms with Crippen LogP contribution in [-0.4, -0.2) is 0 Å². The van der Waals surface area contributed by atoms with Gasteiger partial charge in [-0.25, -0.2) is 0 Å². The molecule has 40 heavy (non-hydrogen) atoms. The van der Waals surface area contributed by atoms with E-state index >= 15 is 0 Å². The highest BCUT2D eigenvalue weighted by molar-refractivity contribution is 8.00. The monoisotopic (exact) mass is 596 g/mol. The van der Waals surface area contributed by atoms with Crippen LogP contribution in [0.4, 0.5) is 22.7 Å². The lowest BCUT2D eigenvalue weighted by atomic mass is 9.98. The normalized spacial score (nSPS) is 13.4. The van der Waals surface area contributed by atoms with Crippen LogP contribution in [0.5, 0.6) is 0 Å². The lowest BCUT2D eigenvalue weighted by Crippen LogP contribution is -2.22. The maximum atomic E-state index is 6.47. The second kappa shape index (κ2) is 10.4. The van der Waals surface area contributed by atoms with Gasteiger partial charge in [0.15, 0.2) is 0 Å². The quantitative estimate of drug-likeness (QED) is 0.203. The average Bonchev–Trinajstić information content (AvgIpc) is 2.95. The molecule has 0 bridgehead atoms. The Balaban J connectivity index is 1.25. The Morgan fingerprint density at radius 2 is 0.900 bits per heavy atom. The summed E-state index contributed by atoms with van der Waals surface area (Å²) in [6.45, 7) is 6.01. The maximum Gasteiger partial charge on any atom is 0.0570 e. The summed E-state index contributed by atoms with van der Waals surface area (Å²) in [7, 11) is 0. The molecular weight excluding hydrogens is 571 g/mol. The Morgan fingerprint density at radius 3 is 1.35 bits per heavy atom. The predicted molar refractivity (Wildman–Crippen MR) is 172 cm³/mol. The van der Waals surface area contributed by atoms with Crippen molar-refractivity contribution in [1.29, 1.82) is 0 Å². The van der Waals surface area contributed by atoms with Crippen molar-refractivity contribution in [3.63, 3.8) is 0 Å². The first-order chi connectivity index (χ1) is 19.4. The minimum atomic E-state index is 0.757. The molecule has 0 saturated carbocycles. The van der Waals surface area contributed by atoms with Crippen molar-refractivity contribution < 1.29 is 0 Å². The molecule has 0 amide bonds. The van der Waals surface area contributed by atoms with E-state index in [0.29, 0.717) is 0 Å². The van der Waals surface area contributed by atoms with Crippen LogP contribution in [0, 0.1) is 13.8 Å². The molecule has 0 radical (unpaired) electrons. The van der Waals surface area contributed by atoms with E-state index in [1.807, 2.05) is 35.7 Å². The number of halogens is 2. The van der Waals surface area contributed by atoms with Gasteiger partial charge in [0, 0.05) is 42.7 Å². The molecule has 198 valence electrons. The zero-order chi connectivity index (χ0) is 27.4. The molecular formula is C34H26Cl2N2S2. The van der Waals surface area contributed by atoms with Gasteiger partial charge in [0.25, 0.3) is 0 Å². The van der Waals surface area contributed by atoms with E-state index in [0.717, 1.165) is 34.5 Å². The van der Waals surface area contributed by atoms with Crippen LogP contribution in [0.2, 0.25) is 10.0 Å². The molecule has 2 aliphatic rings. The van der Waals surface area contributed by atoms with E-state index < -0.39 is 0 Å². The second-order valence-electron chi connectivity index (χ2n) is 10.2. The number of benzene rings is 5. The fourth-order valence-corrected chi connectivity index (χ4v) is 8.05. The SMILES string of the molecule is Cc1cc(CN2c3ccccc3Sc3ccc(Cl)cc32)c(C)cc1CN1c2ccccc2Sc2ccc(Cl)cc21. The molecule has 6 heteroatoms. The van der Waals surface area contributed by atoms with Crippen molar-refractivity contribution in [1.82, 2.24) is 0 Å². The molecule has 0 saturated heterocycles. The van der Waals surface area contributed by atoms with Crippen molar-refractivity contribution >= 4 is 69.5 Å². The predicted octanol–water partition coefficient (Wildman–Crippen LogP) is 11.2. The number of aryl methyl sites for hydroxylation is 2. The fraction of sp³-hybridized carbons (Fsp3) is 0.118. The number of hydrogen-bond donors (Lipinski definition) is 0. The van der Waals surface area contributed by atoms with Gasteiger partial charge in [-0.3, -0.25) is 0 Å². The number of para-hydroxylation sites is 2. The highest BCUT2D eigenvalue weighted by atomic mass is 35.5. The molecule has 5 aromatic rings. The lowest BCUT2D eigenvalue weighted by Gasteiger charge is -2.34. The first-order valence-electron chi connectivity index (χ1n) is 13.2. The second-order valence-corrected chi connectivity index (χ2v) is 13.3. The molecule has 0 atom stereocenters. The largest absolute Gasteiger partial charge is 0.335 e. The molecule has 0 aromatic heterocycles. The van der Waals surface area contributed by atoms with Crippen molar-refractivity contribution in [2.24, 2.45) is 0 Å². The number of anilines is 4. The zero-order valence-electron chi connectivity index (χ0n) is 22.1. The van der Waals surface area contributed by atoms with Crippen molar-refractivity contribution in [3.8, 4) is 0 Å². The van der Waals surface area contributed by atoms with Gasteiger partial charge in [0.2, 0.25) is 0 Å². The Labute approximate surface area is 253 Å². The molecule has 0 unspecified atom stereocenters. The zero-order valence-corrected chi connectivity index (χ0v) is 25.3. The molecule has 0 spiro atoms. The van der Waals surface area contributed by atoms with Crippen LogP contribution in [0.3, 0.4) is 0 Å². The molecule has 0 aliphatic carbocycles. The van der Waals surface area contributed by atoms with Gasteiger partial charge in [0.05, 0.1) is 22.7 Å². The number of fused-ring (bicyclic) bond motifs is 4. The first-order valence-corrected chi connectivity index (χ1v) is 15.6. The standard InChI is InChI=1S/C34H26Cl2N2S2/c1-21-15-24(20-38-28-8-4-6-10-32(28)40-34-14-12-26(36)18-30(34)38)22(2)16-23(21)19-37-27-7-3-5-9-31(27)39-33-13-11-25(35)17-29(33)37/h3-18H,19-20H2,1-2H3. The highest BCUT2D eigenvalue weighted by Crippen LogP contribution is 2.51. The van der Waals surface area contributed by atoms with Crippen LogP contribution in [0.1, 0.15) is 22.3 Å². The van der Waals surface area contributed by atoms with Gasteiger partial charge in [-0.05, 0) is 96.8 Å². The summed E-state index contributed by atoms with van der Waals surface area (Å²) in [4.78, 5) is 9.81. The van der Waals surface area contributed by atoms with E-state index in [9.17, 15) is 0 Å². The topological polar surface area (TPSA) is 6.48 Å².